The summed E-state index contributed by atoms with van der Waals surface area (Å²) in [7, 11) is 0. The quantitative estimate of drug-likeness (QED) is 0.535. The summed E-state index contributed by atoms with van der Waals surface area (Å²) in [4.78, 5) is 30.7. The largest absolute Gasteiger partial charge is 0.504 e. The molecule has 3 aliphatic heterocycles. The molecular weight excluding hydrogens is 406 g/mol. The summed E-state index contributed by atoms with van der Waals surface area (Å²) in [6.07, 6.45) is 5.01. The Balaban J connectivity index is 1.79. The number of amides is 1. The monoisotopic (exact) mass is 427 g/mol. The number of carbonyl (C=O) groups excluding carboxylic acids is 1. The molecule has 0 aliphatic carbocycles. The van der Waals surface area contributed by atoms with E-state index in [1.54, 1.807) is 24.0 Å². The molecule has 3 N–H and O–H groups in total. The van der Waals surface area contributed by atoms with Gasteiger partial charge in [-0.3, -0.25) is 20.1 Å². The molecule has 1 aromatic rings. The van der Waals surface area contributed by atoms with Gasteiger partial charge in [0.05, 0.1) is 11.8 Å². The van der Waals surface area contributed by atoms with Crippen molar-refractivity contribution in [3.8, 4) is 16.6 Å². The van der Waals surface area contributed by atoms with Crippen LogP contribution in [0.1, 0.15) is 25.3 Å². The Hall–Kier alpha value is -3.40. The van der Waals surface area contributed by atoms with Crippen molar-refractivity contribution in [3.05, 3.63) is 49.5 Å². The van der Waals surface area contributed by atoms with Gasteiger partial charge in [0.2, 0.25) is 11.0 Å². The van der Waals surface area contributed by atoms with Crippen molar-refractivity contribution < 1.29 is 14.6 Å². The Morgan fingerprint density at radius 2 is 2.17 bits per heavy atom. The number of H-pyrrole nitrogens is 1. The van der Waals surface area contributed by atoms with Crippen LogP contribution < -0.4 is 25.7 Å². The van der Waals surface area contributed by atoms with Crippen LogP contribution in [0.3, 0.4) is 0 Å². The number of phenols is 1. The van der Waals surface area contributed by atoms with Crippen molar-refractivity contribution in [2.24, 2.45) is 0 Å². The van der Waals surface area contributed by atoms with Crippen LogP contribution in [-0.2, 0) is 4.79 Å². The number of aromatic nitrogens is 3. The lowest BCUT2D eigenvalue weighted by Gasteiger charge is -2.10. The van der Waals surface area contributed by atoms with Gasteiger partial charge in [-0.15, -0.1) is 0 Å². The van der Waals surface area contributed by atoms with Crippen molar-refractivity contribution in [2.45, 2.75) is 19.8 Å². The molecule has 3 aliphatic rings. The predicted molar refractivity (Wildman–Crippen MR) is 111 cm³/mol. The van der Waals surface area contributed by atoms with Crippen molar-refractivity contribution in [1.82, 2.24) is 19.7 Å². The predicted octanol–water partition coefficient (Wildman–Crippen LogP) is -0.125. The highest BCUT2D eigenvalue weighted by Gasteiger charge is 2.17. The van der Waals surface area contributed by atoms with E-state index in [1.807, 2.05) is 0 Å². The number of hydrogen-bond donors (Lipinski definition) is 3. The number of nitrogens with one attached hydrogen (secondary N) is 2. The standard InChI is InChI=1S/C20H21N5O4S/c1-2-29-15-10-12(5-6-14(15)26)9-13-18(21)25-20(22-19(13)28)30-16(23-25)11-17(27)24-7-3-4-8-24/h5-6,9-11,21,23,26H,2-4,7-8H2,1H3/b13-9-,16-11+,21-18?. The molecule has 0 spiro atoms. The highest BCUT2D eigenvalue weighted by Crippen LogP contribution is 2.26. The van der Waals surface area contributed by atoms with Crippen LogP contribution in [-0.4, -0.2) is 50.4 Å². The maximum Gasteiger partial charge on any atom is 0.283 e. The number of rotatable bonds is 4. The van der Waals surface area contributed by atoms with Gasteiger partial charge in [0.1, 0.15) is 4.66 Å². The zero-order valence-corrected chi connectivity index (χ0v) is 17.2. The summed E-state index contributed by atoms with van der Waals surface area (Å²) in [5.41, 5.74) is -0.0194. The van der Waals surface area contributed by atoms with E-state index in [2.05, 4.69) is 10.1 Å². The number of aromatic hydroxyl groups is 1. The molecule has 0 atom stereocenters. The zero-order chi connectivity index (χ0) is 21.3. The van der Waals surface area contributed by atoms with Gasteiger partial charge in [-0.25, -0.2) is 4.68 Å². The Morgan fingerprint density at radius 1 is 1.40 bits per heavy atom. The second-order valence-corrected chi connectivity index (χ2v) is 7.87. The Kier molecular flexibility index (Phi) is 5.40. The fourth-order valence-electron chi connectivity index (χ4n) is 3.31. The highest BCUT2D eigenvalue weighted by atomic mass is 32.1. The SMILES string of the molecule is CCOc1cc(/C=c2\c(=O)nc3s/c(=C/C(=O)N4CCCC4)[nH]n-3c2=N)ccc1O. The first-order valence-corrected chi connectivity index (χ1v) is 10.4. The van der Waals surface area contributed by atoms with Gasteiger partial charge in [0, 0.05) is 19.2 Å². The van der Waals surface area contributed by atoms with Gasteiger partial charge in [-0.1, -0.05) is 17.4 Å². The first kappa shape index (κ1) is 19.9. The molecular formula is C20H21N5O4S. The Morgan fingerprint density at radius 3 is 2.90 bits per heavy atom. The van der Waals surface area contributed by atoms with E-state index in [0.717, 1.165) is 37.3 Å². The first-order valence-electron chi connectivity index (χ1n) is 9.61. The molecule has 10 heteroatoms. The number of likely N-dealkylation sites (tertiary alicyclic amines) is 1. The molecule has 0 saturated carbocycles. The number of nitrogens with zero attached hydrogens (tertiary/aromatic N) is 3. The van der Waals surface area contributed by atoms with E-state index in [0.29, 0.717) is 27.7 Å². The van der Waals surface area contributed by atoms with E-state index in [9.17, 15) is 14.7 Å². The third-order valence-corrected chi connectivity index (χ3v) is 5.67. The number of hydrogen-bond acceptors (Lipinski definition) is 7. The van der Waals surface area contributed by atoms with Crippen LogP contribution in [0.5, 0.6) is 11.5 Å². The maximum atomic E-state index is 12.5. The van der Waals surface area contributed by atoms with E-state index < -0.39 is 5.56 Å². The van der Waals surface area contributed by atoms with E-state index in [1.165, 1.54) is 22.9 Å². The summed E-state index contributed by atoms with van der Waals surface area (Å²) >= 11 is 1.15. The first-order chi connectivity index (χ1) is 14.5. The Bertz CT molecular complexity index is 1300. The van der Waals surface area contributed by atoms with Crippen LogP contribution >= 0.6 is 11.3 Å². The molecule has 0 unspecified atom stereocenters. The van der Waals surface area contributed by atoms with E-state index in [-0.39, 0.29) is 22.4 Å². The second-order valence-electron chi connectivity index (χ2n) is 6.86. The number of carbonyl (C=O) groups is 1. The lowest BCUT2D eigenvalue weighted by atomic mass is 10.1. The van der Waals surface area contributed by atoms with Crippen LogP contribution in [0.15, 0.2) is 23.0 Å². The summed E-state index contributed by atoms with van der Waals surface area (Å²) in [6, 6.07) is 4.69. The van der Waals surface area contributed by atoms with E-state index >= 15 is 0 Å². The van der Waals surface area contributed by atoms with Crippen molar-refractivity contribution in [2.75, 3.05) is 19.7 Å². The van der Waals surface area contributed by atoms with Crippen LogP contribution in [0.2, 0.25) is 0 Å². The zero-order valence-electron chi connectivity index (χ0n) is 16.3. The third kappa shape index (κ3) is 3.86. The fraction of sp³-hybridized carbons (Fsp3) is 0.300. The van der Waals surface area contributed by atoms with Gasteiger partial charge in [-0.2, -0.15) is 4.98 Å². The molecule has 4 rings (SSSR count). The molecule has 1 fully saturated rings. The minimum atomic E-state index is -0.543. The molecule has 3 heterocycles. The van der Waals surface area contributed by atoms with Gasteiger partial charge in [-0.05, 0) is 43.5 Å². The maximum absolute atomic E-state index is 12.5. The molecule has 1 amide bonds. The molecule has 30 heavy (non-hydrogen) atoms. The van der Waals surface area contributed by atoms with E-state index in [4.69, 9.17) is 10.1 Å². The van der Waals surface area contributed by atoms with Gasteiger partial charge >= 0.3 is 0 Å². The molecule has 156 valence electrons. The van der Waals surface area contributed by atoms with Crippen LogP contribution in [0, 0.1) is 5.41 Å². The molecule has 0 radical (unpaired) electrons. The summed E-state index contributed by atoms with van der Waals surface area (Å²) in [6.45, 7) is 3.68. The minimum Gasteiger partial charge on any atom is -0.504 e. The summed E-state index contributed by atoms with van der Waals surface area (Å²) in [5.74, 6) is 0.204. The van der Waals surface area contributed by atoms with Crippen LogP contribution in [0.25, 0.3) is 17.3 Å². The number of benzene rings is 1. The van der Waals surface area contributed by atoms with Crippen LogP contribution in [0.4, 0.5) is 0 Å². The molecule has 0 aromatic heterocycles. The second kappa shape index (κ2) is 8.15. The molecule has 1 saturated heterocycles. The number of phenolic OH excluding ortho intramolecular Hbond substituents is 1. The lowest BCUT2D eigenvalue weighted by molar-refractivity contribution is -0.123. The average molecular weight is 427 g/mol. The smallest absolute Gasteiger partial charge is 0.283 e. The van der Waals surface area contributed by atoms with Gasteiger partial charge < -0.3 is 14.7 Å². The topological polar surface area (TPSA) is 124 Å². The third-order valence-electron chi connectivity index (χ3n) is 4.79. The van der Waals surface area contributed by atoms with Gasteiger partial charge in [0.25, 0.3) is 5.56 Å². The number of fused-ring (bicyclic) bond motifs is 1. The lowest BCUT2D eigenvalue weighted by Crippen LogP contribution is -2.47. The number of ether oxygens (including phenoxy) is 1. The van der Waals surface area contributed by atoms with Crippen molar-refractivity contribution in [3.63, 3.8) is 0 Å². The van der Waals surface area contributed by atoms with Crippen molar-refractivity contribution >= 4 is 29.4 Å². The summed E-state index contributed by atoms with van der Waals surface area (Å²) in [5, 5.41) is 21.7. The fourth-order valence-corrected chi connectivity index (χ4v) is 4.16. The minimum absolute atomic E-state index is 0.000544. The Labute approximate surface area is 175 Å². The molecule has 1 aromatic carbocycles. The van der Waals surface area contributed by atoms with Crippen molar-refractivity contribution in [1.29, 1.82) is 5.41 Å². The highest BCUT2D eigenvalue weighted by molar-refractivity contribution is 7.11. The summed E-state index contributed by atoms with van der Waals surface area (Å²) < 4.78 is 7.27. The molecule has 0 bridgehead atoms. The average Bonchev–Trinajstić information content (AvgIpc) is 3.38. The van der Waals surface area contributed by atoms with Gasteiger partial charge in [0.15, 0.2) is 17.0 Å². The number of aromatic amines is 1. The molecule has 9 nitrogen and oxygen atoms in total. The normalized spacial score (nSPS) is 15.3.